The molecule has 0 aliphatic heterocycles. The Morgan fingerprint density at radius 2 is 1.67 bits per heavy atom. The van der Waals surface area contributed by atoms with Crippen molar-refractivity contribution in [1.29, 1.82) is 0 Å². The molecule has 0 aliphatic carbocycles. The van der Waals surface area contributed by atoms with Gasteiger partial charge in [0.25, 0.3) is 0 Å². The zero-order chi connectivity index (χ0) is 20.2. The molecule has 1 aromatic carbocycles. The quantitative estimate of drug-likeness (QED) is 0.653. The van der Waals surface area contributed by atoms with Gasteiger partial charge in [-0.15, -0.1) is 0 Å². The summed E-state index contributed by atoms with van der Waals surface area (Å²) in [6.07, 6.45) is 3.67. The van der Waals surface area contributed by atoms with E-state index in [0.717, 1.165) is 23.7 Å². The molecule has 1 atom stereocenters. The molecule has 0 amide bonds. The molecule has 7 heteroatoms. The normalized spacial score (nSPS) is 11.7. The molecule has 0 radical (unpaired) electrons. The summed E-state index contributed by atoms with van der Waals surface area (Å²) in [5, 5.41) is 19.6. The van der Waals surface area contributed by atoms with Crippen molar-refractivity contribution in [1.82, 2.24) is 9.88 Å². The summed E-state index contributed by atoms with van der Waals surface area (Å²) in [5.74, 6) is -2.77. The standard InChI is InChI=1S/C16H19ClN2.C4H4O4/c1-19(2)12-10-15(16-5-3-4-11-18-16)13-6-8-14(17)9-7-13;5-3(6)1-2-4(7)8/h3-9,11,15H,10,12H2,1-2H3;1-2H,(H,5,6)(H,7,8)/p-2/b;2-1-. The average molecular weight is 389 g/mol. The highest BCUT2D eigenvalue weighted by molar-refractivity contribution is 6.30. The SMILES string of the molecule is CN(C)CCC(c1ccc(Cl)cc1)c1ccccn1.O=C([O-])/C=C\C(=O)[O-]. The van der Waals surface area contributed by atoms with Gasteiger partial charge >= 0.3 is 0 Å². The Balaban J connectivity index is 0.000000387. The maximum Gasteiger partial charge on any atom is 0.0643 e. The first-order valence-electron chi connectivity index (χ1n) is 8.20. The highest BCUT2D eigenvalue weighted by atomic mass is 35.5. The summed E-state index contributed by atoms with van der Waals surface area (Å²) in [6.45, 7) is 1.03. The Labute approximate surface area is 163 Å². The number of carboxylic acid groups (broad SMARTS) is 2. The van der Waals surface area contributed by atoms with Crippen LogP contribution in [0.15, 0.2) is 60.8 Å². The number of halogens is 1. The summed E-state index contributed by atoms with van der Waals surface area (Å²) in [7, 11) is 4.19. The van der Waals surface area contributed by atoms with Crippen LogP contribution < -0.4 is 10.2 Å². The van der Waals surface area contributed by atoms with E-state index in [1.165, 1.54) is 5.56 Å². The number of nitrogens with zero attached hydrogens (tertiary/aromatic N) is 2. The predicted octanol–water partition coefficient (Wildman–Crippen LogP) is 0.861. The third-order valence-electron chi connectivity index (χ3n) is 3.54. The van der Waals surface area contributed by atoms with Gasteiger partial charge in [0.15, 0.2) is 0 Å². The van der Waals surface area contributed by atoms with E-state index in [4.69, 9.17) is 11.6 Å². The zero-order valence-electron chi connectivity index (χ0n) is 15.2. The second-order valence-electron chi connectivity index (χ2n) is 5.92. The number of hydrogen-bond donors (Lipinski definition) is 0. The van der Waals surface area contributed by atoms with Crippen molar-refractivity contribution in [2.45, 2.75) is 12.3 Å². The minimum atomic E-state index is -1.55. The highest BCUT2D eigenvalue weighted by Crippen LogP contribution is 2.27. The van der Waals surface area contributed by atoms with Crippen molar-refractivity contribution in [2.24, 2.45) is 0 Å². The fourth-order valence-electron chi connectivity index (χ4n) is 2.29. The van der Waals surface area contributed by atoms with Gasteiger partial charge in [-0.3, -0.25) is 4.98 Å². The van der Waals surface area contributed by atoms with Crippen molar-refractivity contribution in [3.8, 4) is 0 Å². The van der Waals surface area contributed by atoms with Gasteiger partial charge in [0, 0.05) is 22.8 Å². The summed E-state index contributed by atoms with van der Waals surface area (Å²) in [6, 6.07) is 14.2. The number of benzene rings is 1. The lowest BCUT2D eigenvalue weighted by atomic mass is 9.92. The Kier molecular flexibility index (Phi) is 9.79. The summed E-state index contributed by atoms with van der Waals surface area (Å²) in [4.78, 5) is 25.5. The van der Waals surface area contributed by atoms with Gasteiger partial charge < -0.3 is 24.7 Å². The van der Waals surface area contributed by atoms with Crippen LogP contribution in [0.25, 0.3) is 0 Å². The Morgan fingerprint density at radius 1 is 1.07 bits per heavy atom. The second kappa shape index (κ2) is 11.8. The molecule has 0 saturated heterocycles. The molecule has 0 spiro atoms. The van der Waals surface area contributed by atoms with Gasteiger partial charge in [-0.05, 0) is 69.0 Å². The molecule has 2 aromatic rings. The van der Waals surface area contributed by atoms with E-state index in [0.29, 0.717) is 18.1 Å². The van der Waals surface area contributed by atoms with Crippen LogP contribution in [0.5, 0.6) is 0 Å². The van der Waals surface area contributed by atoms with Gasteiger partial charge in [-0.1, -0.05) is 29.8 Å². The first-order valence-corrected chi connectivity index (χ1v) is 8.58. The van der Waals surface area contributed by atoms with Gasteiger partial charge in [0.05, 0.1) is 11.9 Å². The minimum Gasteiger partial charge on any atom is -0.545 e. The van der Waals surface area contributed by atoms with E-state index in [9.17, 15) is 19.8 Å². The lowest BCUT2D eigenvalue weighted by molar-refractivity contribution is -0.301. The molecular weight excluding hydrogens is 368 g/mol. The van der Waals surface area contributed by atoms with Crippen LogP contribution >= 0.6 is 11.6 Å². The number of hydrogen-bond acceptors (Lipinski definition) is 6. The van der Waals surface area contributed by atoms with E-state index in [-0.39, 0.29) is 0 Å². The molecule has 0 aliphatic rings. The van der Waals surface area contributed by atoms with E-state index < -0.39 is 11.9 Å². The molecule has 0 fully saturated rings. The van der Waals surface area contributed by atoms with Crippen molar-refractivity contribution in [2.75, 3.05) is 20.6 Å². The molecule has 0 bridgehead atoms. The smallest absolute Gasteiger partial charge is 0.0643 e. The highest BCUT2D eigenvalue weighted by Gasteiger charge is 2.15. The van der Waals surface area contributed by atoms with E-state index in [2.05, 4.69) is 42.2 Å². The van der Waals surface area contributed by atoms with Gasteiger partial charge in [-0.25, -0.2) is 0 Å². The minimum absolute atomic E-state index is 0.320. The van der Waals surface area contributed by atoms with Crippen LogP contribution in [0.1, 0.15) is 23.6 Å². The largest absolute Gasteiger partial charge is 0.545 e. The van der Waals surface area contributed by atoms with Crippen LogP contribution in [-0.4, -0.2) is 42.5 Å². The first-order chi connectivity index (χ1) is 12.8. The van der Waals surface area contributed by atoms with Crippen LogP contribution in [0.3, 0.4) is 0 Å². The fourth-order valence-corrected chi connectivity index (χ4v) is 2.41. The monoisotopic (exact) mass is 388 g/mol. The third-order valence-corrected chi connectivity index (χ3v) is 3.79. The maximum atomic E-state index is 9.41. The molecule has 1 heterocycles. The number of carboxylic acids is 2. The molecular formula is C20H21ClN2O4-2. The number of aliphatic carboxylic acids is 2. The Bertz CT molecular complexity index is 730. The van der Waals surface area contributed by atoms with E-state index >= 15 is 0 Å². The molecule has 27 heavy (non-hydrogen) atoms. The van der Waals surface area contributed by atoms with Gasteiger partial charge in [-0.2, -0.15) is 0 Å². The first kappa shape index (κ1) is 22.3. The second-order valence-corrected chi connectivity index (χ2v) is 6.36. The van der Waals surface area contributed by atoms with Crippen LogP contribution in [0.4, 0.5) is 0 Å². The van der Waals surface area contributed by atoms with Crippen molar-refractivity contribution in [3.63, 3.8) is 0 Å². The lowest BCUT2D eigenvalue weighted by Gasteiger charge is -2.19. The topological polar surface area (TPSA) is 96.4 Å². The van der Waals surface area contributed by atoms with E-state index in [1.807, 2.05) is 30.5 Å². The predicted molar refractivity (Wildman–Crippen MR) is 99.9 cm³/mol. The van der Waals surface area contributed by atoms with Crippen LogP contribution in [0, 0.1) is 0 Å². The van der Waals surface area contributed by atoms with Gasteiger partial charge in [0.2, 0.25) is 0 Å². The van der Waals surface area contributed by atoms with Crippen LogP contribution in [-0.2, 0) is 9.59 Å². The number of rotatable bonds is 7. The molecule has 1 unspecified atom stereocenters. The summed E-state index contributed by atoms with van der Waals surface area (Å²) >= 11 is 5.97. The van der Waals surface area contributed by atoms with Crippen molar-refractivity contribution >= 4 is 23.5 Å². The molecule has 6 nitrogen and oxygen atoms in total. The van der Waals surface area contributed by atoms with E-state index in [1.54, 1.807) is 0 Å². The number of carbonyl (C=O) groups is 2. The number of aromatic nitrogens is 1. The Hall–Kier alpha value is -2.70. The average Bonchev–Trinajstić information content (AvgIpc) is 2.63. The number of carbonyl (C=O) groups excluding carboxylic acids is 2. The van der Waals surface area contributed by atoms with Crippen LogP contribution in [0.2, 0.25) is 5.02 Å². The lowest BCUT2D eigenvalue weighted by Crippen LogP contribution is -2.23. The van der Waals surface area contributed by atoms with Crippen molar-refractivity contribution < 1.29 is 19.8 Å². The fraction of sp³-hybridized carbons (Fsp3) is 0.250. The molecule has 144 valence electrons. The number of pyridine rings is 1. The van der Waals surface area contributed by atoms with Gasteiger partial charge in [0.1, 0.15) is 0 Å². The summed E-state index contributed by atoms with van der Waals surface area (Å²) in [5.41, 5.74) is 2.39. The molecule has 1 aromatic heterocycles. The Morgan fingerprint density at radius 3 is 2.11 bits per heavy atom. The summed E-state index contributed by atoms with van der Waals surface area (Å²) < 4.78 is 0. The zero-order valence-corrected chi connectivity index (χ0v) is 15.9. The van der Waals surface area contributed by atoms with Crippen molar-refractivity contribution in [3.05, 3.63) is 77.1 Å². The maximum absolute atomic E-state index is 9.41. The third kappa shape index (κ3) is 9.53. The molecule has 2 rings (SSSR count). The molecule has 0 saturated carbocycles. The molecule has 0 N–H and O–H groups in total.